The lowest BCUT2D eigenvalue weighted by Crippen LogP contribution is -2.41. The molecule has 1 rings (SSSR count). The first-order chi connectivity index (χ1) is 9.08. The highest BCUT2D eigenvalue weighted by Crippen LogP contribution is 2.11. The molecule has 5 heteroatoms. The van der Waals surface area contributed by atoms with Crippen molar-refractivity contribution in [2.45, 2.75) is 45.6 Å². The first-order valence-corrected chi connectivity index (χ1v) is 7.33. The highest BCUT2D eigenvalue weighted by Gasteiger charge is 2.19. The van der Waals surface area contributed by atoms with Gasteiger partial charge in [-0.05, 0) is 39.7 Å². The molecule has 0 saturated carbocycles. The normalized spacial score (nSPS) is 18.4. The fourth-order valence-corrected chi connectivity index (χ4v) is 2.46. The van der Waals surface area contributed by atoms with Crippen molar-refractivity contribution in [3.63, 3.8) is 0 Å². The molecule has 2 amide bonds. The second-order valence-corrected chi connectivity index (χ2v) is 5.15. The molecule has 1 heterocycles. The van der Waals surface area contributed by atoms with Crippen molar-refractivity contribution in [2.75, 3.05) is 33.2 Å². The number of nitrogens with one attached hydrogen (secondary N) is 1. The van der Waals surface area contributed by atoms with Gasteiger partial charge in [-0.2, -0.15) is 0 Å². The molecular formula is C14H27N3O2. The maximum atomic E-state index is 12.0. The van der Waals surface area contributed by atoms with Crippen molar-refractivity contribution in [1.82, 2.24) is 15.1 Å². The fraction of sp³-hybridized carbons (Fsp3) is 0.857. The van der Waals surface area contributed by atoms with Gasteiger partial charge >= 0.3 is 0 Å². The van der Waals surface area contributed by atoms with Gasteiger partial charge in [-0.15, -0.1) is 0 Å². The number of rotatable bonds is 7. The molecule has 0 aromatic rings. The van der Waals surface area contributed by atoms with Gasteiger partial charge < -0.3 is 15.1 Å². The Morgan fingerprint density at radius 2 is 1.89 bits per heavy atom. The SMILES string of the molecule is CCN(CC)C(=O)CN(C)C(=O)CCC1CCCN1. The summed E-state index contributed by atoms with van der Waals surface area (Å²) in [5.74, 6) is 0.0917. The van der Waals surface area contributed by atoms with Crippen LogP contribution in [0.3, 0.4) is 0 Å². The van der Waals surface area contributed by atoms with Gasteiger partial charge in [0.25, 0.3) is 0 Å². The quantitative estimate of drug-likeness (QED) is 0.745. The Kier molecular flexibility index (Phi) is 6.84. The van der Waals surface area contributed by atoms with Crippen molar-refractivity contribution in [1.29, 1.82) is 0 Å². The van der Waals surface area contributed by atoms with Gasteiger partial charge in [-0.1, -0.05) is 0 Å². The van der Waals surface area contributed by atoms with Crippen LogP contribution in [0.4, 0.5) is 0 Å². The van der Waals surface area contributed by atoms with Crippen molar-refractivity contribution in [3.05, 3.63) is 0 Å². The zero-order chi connectivity index (χ0) is 14.3. The first-order valence-electron chi connectivity index (χ1n) is 7.33. The summed E-state index contributed by atoms with van der Waals surface area (Å²) in [6.07, 6.45) is 3.77. The van der Waals surface area contributed by atoms with E-state index < -0.39 is 0 Å². The third-order valence-electron chi connectivity index (χ3n) is 3.78. The number of likely N-dealkylation sites (N-methyl/N-ethyl adjacent to an activating group) is 2. The molecule has 1 aliphatic heterocycles. The van der Waals surface area contributed by atoms with Crippen molar-refractivity contribution in [3.8, 4) is 0 Å². The van der Waals surface area contributed by atoms with Gasteiger partial charge in [0.2, 0.25) is 11.8 Å². The lowest BCUT2D eigenvalue weighted by Gasteiger charge is -2.23. The highest BCUT2D eigenvalue weighted by atomic mass is 16.2. The van der Waals surface area contributed by atoms with Gasteiger partial charge in [0, 0.05) is 32.6 Å². The molecule has 1 N–H and O–H groups in total. The van der Waals surface area contributed by atoms with Crippen LogP contribution < -0.4 is 5.32 Å². The van der Waals surface area contributed by atoms with Crippen molar-refractivity contribution in [2.24, 2.45) is 0 Å². The van der Waals surface area contributed by atoms with E-state index in [9.17, 15) is 9.59 Å². The van der Waals surface area contributed by atoms with Gasteiger partial charge in [0.1, 0.15) is 0 Å². The second kappa shape index (κ2) is 8.15. The van der Waals surface area contributed by atoms with E-state index >= 15 is 0 Å². The van der Waals surface area contributed by atoms with E-state index in [1.54, 1.807) is 16.8 Å². The first kappa shape index (κ1) is 16.0. The Hall–Kier alpha value is -1.10. The molecule has 0 bridgehead atoms. The minimum atomic E-state index is 0.0276. The molecule has 0 aromatic carbocycles. The van der Waals surface area contributed by atoms with Gasteiger partial charge in [-0.3, -0.25) is 9.59 Å². The van der Waals surface area contributed by atoms with Crippen LogP contribution in [0.2, 0.25) is 0 Å². The van der Waals surface area contributed by atoms with E-state index in [4.69, 9.17) is 0 Å². The Balaban J connectivity index is 2.29. The third-order valence-corrected chi connectivity index (χ3v) is 3.78. The van der Waals surface area contributed by atoms with E-state index in [2.05, 4.69) is 5.32 Å². The molecule has 0 radical (unpaired) electrons. The Morgan fingerprint density at radius 3 is 2.42 bits per heavy atom. The predicted octanol–water partition coefficient (Wildman–Crippen LogP) is 0.845. The van der Waals surface area contributed by atoms with Gasteiger partial charge in [-0.25, -0.2) is 0 Å². The van der Waals surface area contributed by atoms with Gasteiger partial charge in [0.15, 0.2) is 0 Å². The van der Waals surface area contributed by atoms with E-state index in [-0.39, 0.29) is 18.4 Å². The topological polar surface area (TPSA) is 52.7 Å². The number of carbonyl (C=O) groups is 2. The Labute approximate surface area is 116 Å². The maximum Gasteiger partial charge on any atom is 0.242 e. The molecule has 110 valence electrons. The summed E-state index contributed by atoms with van der Waals surface area (Å²) < 4.78 is 0. The standard InChI is InChI=1S/C14H27N3O2/c1-4-17(5-2)14(19)11-16(3)13(18)9-8-12-7-6-10-15-12/h12,15H,4-11H2,1-3H3. The second-order valence-electron chi connectivity index (χ2n) is 5.15. The summed E-state index contributed by atoms with van der Waals surface area (Å²) in [6.45, 7) is 6.56. The molecular weight excluding hydrogens is 242 g/mol. The Bertz CT molecular complexity index is 297. The van der Waals surface area contributed by atoms with Crippen molar-refractivity contribution >= 4 is 11.8 Å². The number of hydrogen-bond acceptors (Lipinski definition) is 3. The molecule has 0 aliphatic carbocycles. The van der Waals surface area contributed by atoms with Crippen LogP contribution in [0, 0.1) is 0 Å². The van der Waals surface area contributed by atoms with Gasteiger partial charge in [0.05, 0.1) is 6.54 Å². The summed E-state index contributed by atoms with van der Waals surface area (Å²) in [6, 6.07) is 0.482. The predicted molar refractivity (Wildman–Crippen MR) is 75.8 cm³/mol. The van der Waals surface area contributed by atoms with E-state index in [0.29, 0.717) is 25.6 Å². The van der Waals surface area contributed by atoms with Crippen LogP contribution >= 0.6 is 0 Å². The van der Waals surface area contributed by atoms with Crippen LogP contribution in [0.1, 0.15) is 39.5 Å². The summed E-state index contributed by atoms with van der Waals surface area (Å²) in [7, 11) is 1.71. The minimum Gasteiger partial charge on any atom is -0.342 e. The largest absolute Gasteiger partial charge is 0.342 e. The molecule has 5 nitrogen and oxygen atoms in total. The zero-order valence-electron chi connectivity index (χ0n) is 12.4. The summed E-state index contributed by atoms with van der Waals surface area (Å²) in [5.41, 5.74) is 0. The molecule has 1 aliphatic rings. The number of nitrogens with zero attached hydrogens (tertiary/aromatic N) is 2. The molecule has 0 aromatic heterocycles. The average Bonchev–Trinajstić information content (AvgIpc) is 2.90. The van der Waals surface area contributed by atoms with E-state index in [0.717, 1.165) is 19.4 Å². The van der Waals surface area contributed by atoms with Crippen LogP contribution in [0.5, 0.6) is 0 Å². The maximum absolute atomic E-state index is 12.0. The lowest BCUT2D eigenvalue weighted by molar-refractivity contribution is -0.139. The van der Waals surface area contributed by atoms with Crippen molar-refractivity contribution < 1.29 is 9.59 Å². The molecule has 1 unspecified atom stereocenters. The summed E-state index contributed by atoms with van der Waals surface area (Å²) >= 11 is 0. The minimum absolute atomic E-state index is 0.0276. The molecule has 1 fully saturated rings. The number of carbonyl (C=O) groups excluding carboxylic acids is 2. The van der Waals surface area contributed by atoms with Crippen LogP contribution in [-0.4, -0.2) is 60.9 Å². The Morgan fingerprint density at radius 1 is 1.21 bits per heavy atom. The highest BCUT2D eigenvalue weighted by molar-refractivity contribution is 5.84. The summed E-state index contributed by atoms with van der Waals surface area (Å²) in [5, 5.41) is 3.38. The van der Waals surface area contributed by atoms with Crippen LogP contribution in [0.15, 0.2) is 0 Å². The monoisotopic (exact) mass is 269 g/mol. The summed E-state index contributed by atoms with van der Waals surface area (Å²) in [4.78, 5) is 27.2. The third kappa shape index (κ3) is 5.19. The van der Waals surface area contributed by atoms with E-state index in [1.807, 2.05) is 13.8 Å². The van der Waals surface area contributed by atoms with E-state index in [1.165, 1.54) is 6.42 Å². The van der Waals surface area contributed by atoms with Crippen LogP contribution in [0.25, 0.3) is 0 Å². The zero-order valence-corrected chi connectivity index (χ0v) is 12.4. The lowest BCUT2D eigenvalue weighted by atomic mass is 10.1. The molecule has 19 heavy (non-hydrogen) atoms. The fourth-order valence-electron chi connectivity index (χ4n) is 2.46. The molecule has 1 saturated heterocycles. The number of amides is 2. The molecule has 1 atom stereocenters. The smallest absolute Gasteiger partial charge is 0.242 e. The number of hydrogen-bond donors (Lipinski definition) is 1. The van der Waals surface area contributed by atoms with Crippen LogP contribution in [-0.2, 0) is 9.59 Å². The average molecular weight is 269 g/mol. The molecule has 0 spiro atoms.